The van der Waals surface area contributed by atoms with Gasteiger partial charge in [-0.15, -0.1) is 0 Å². The molecule has 0 aliphatic carbocycles. The fourth-order valence-electron chi connectivity index (χ4n) is 3.27. The van der Waals surface area contributed by atoms with Gasteiger partial charge in [-0.3, -0.25) is 0 Å². The highest BCUT2D eigenvalue weighted by Gasteiger charge is 2.51. The Morgan fingerprint density at radius 1 is 1.04 bits per heavy atom. The first-order valence-electron chi connectivity index (χ1n) is 9.07. The van der Waals surface area contributed by atoms with Crippen LogP contribution in [0.1, 0.15) is 33.3 Å². The van der Waals surface area contributed by atoms with Gasteiger partial charge in [-0.25, -0.2) is 4.39 Å². The molecule has 4 rings (SSSR count). The number of halogens is 1. The zero-order chi connectivity index (χ0) is 19.4. The highest BCUT2D eigenvalue weighted by molar-refractivity contribution is 6.62. The van der Waals surface area contributed by atoms with E-state index >= 15 is 0 Å². The molecular weight excluding hydrogens is 344 g/mol. The van der Waals surface area contributed by atoms with Crippen LogP contribution in [0.25, 0.3) is 10.9 Å². The predicted molar refractivity (Wildman–Crippen MR) is 105 cm³/mol. The summed E-state index contributed by atoms with van der Waals surface area (Å²) in [5.41, 5.74) is 1.51. The molecular formula is C21H23BFNO3. The molecule has 0 saturated carbocycles. The molecule has 2 aromatic carbocycles. The van der Waals surface area contributed by atoms with Crippen LogP contribution in [-0.2, 0) is 9.31 Å². The third kappa shape index (κ3) is 3.03. The molecule has 0 bridgehead atoms. The molecule has 1 aliphatic heterocycles. The third-order valence-corrected chi connectivity index (χ3v) is 5.62. The number of aromatic nitrogens is 1. The Morgan fingerprint density at radius 2 is 1.74 bits per heavy atom. The molecule has 6 heteroatoms. The lowest BCUT2D eigenvalue weighted by Gasteiger charge is -2.32. The molecule has 0 radical (unpaired) electrons. The Labute approximate surface area is 158 Å². The van der Waals surface area contributed by atoms with E-state index in [0.717, 1.165) is 21.9 Å². The molecule has 1 N–H and O–H groups in total. The zero-order valence-electron chi connectivity index (χ0n) is 16.2. The van der Waals surface area contributed by atoms with Crippen LogP contribution >= 0.6 is 0 Å². The zero-order valence-corrected chi connectivity index (χ0v) is 16.2. The van der Waals surface area contributed by atoms with Crippen molar-refractivity contribution in [2.45, 2.75) is 45.8 Å². The van der Waals surface area contributed by atoms with Gasteiger partial charge in [0.05, 0.1) is 11.2 Å². The van der Waals surface area contributed by atoms with Crippen molar-refractivity contribution in [1.82, 2.24) is 4.98 Å². The van der Waals surface area contributed by atoms with E-state index in [-0.39, 0.29) is 5.75 Å². The lowest BCUT2D eigenvalue weighted by molar-refractivity contribution is 0.00578. The molecule has 1 fully saturated rings. The van der Waals surface area contributed by atoms with Gasteiger partial charge in [0.1, 0.15) is 5.75 Å². The summed E-state index contributed by atoms with van der Waals surface area (Å²) in [4.78, 5) is 3.03. The van der Waals surface area contributed by atoms with Crippen molar-refractivity contribution in [3.8, 4) is 11.5 Å². The first-order valence-corrected chi connectivity index (χ1v) is 9.07. The summed E-state index contributed by atoms with van der Waals surface area (Å²) in [6.07, 6.45) is 1.79. The summed E-state index contributed by atoms with van der Waals surface area (Å²) in [5.74, 6) is 0.371. The standard InChI is InChI=1S/C21H23BFNO3/c1-13-16-9-10-24-18(16)12-17(23)19(13)25-15-8-6-7-14(11-15)22-26-20(2,3)21(4,5)27-22/h6-12,24H,1-5H3. The number of aryl methyl sites for hydroxylation is 1. The summed E-state index contributed by atoms with van der Waals surface area (Å²) in [5, 5.41) is 0.938. The number of rotatable bonds is 3. The molecule has 0 amide bonds. The summed E-state index contributed by atoms with van der Waals surface area (Å²) in [6.45, 7) is 9.90. The lowest BCUT2D eigenvalue weighted by Crippen LogP contribution is -2.41. The van der Waals surface area contributed by atoms with Gasteiger partial charge >= 0.3 is 7.12 Å². The largest absolute Gasteiger partial charge is 0.494 e. The second-order valence-electron chi connectivity index (χ2n) is 8.01. The number of hydrogen-bond donors (Lipinski definition) is 1. The maximum Gasteiger partial charge on any atom is 0.494 e. The van der Waals surface area contributed by atoms with E-state index in [1.165, 1.54) is 6.07 Å². The Kier molecular flexibility index (Phi) is 4.09. The molecule has 3 aromatic rings. The lowest BCUT2D eigenvalue weighted by atomic mass is 9.79. The van der Waals surface area contributed by atoms with Crippen molar-refractivity contribution in [3.05, 3.63) is 54.0 Å². The predicted octanol–water partition coefficient (Wildman–Crippen LogP) is 4.71. The third-order valence-electron chi connectivity index (χ3n) is 5.62. The minimum Gasteiger partial charge on any atom is -0.454 e. The molecule has 140 valence electrons. The average Bonchev–Trinajstić information content (AvgIpc) is 3.14. The summed E-state index contributed by atoms with van der Waals surface area (Å²) in [7, 11) is -0.489. The number of H-pyrrole nitrogens is 1. The van der Waals surface area contributed by atoms with Crippen molar-refractivity contribution in [2.75, 3.05) is 0 Å². The number of benzene rings is 2. The average molecular weight is 367 g/mol. The van der Waals surface area contributed by atoms with Gasteiger partial charge in [0.15, 0.2) is 11.6 Å². The van der Waals surface area contributed by atoms with E-state index in [4.69, 9.17) is 14.0 Å². The highest BCUT2D eigenvalue weighted by atomic mass is 19.1. The number of ether oxygens (including phenoxy) is 1. The van der Waals surface area contributed by atoms with E-state index in [9.17, 15) is 4.39 Å². The van der Waals surface area contributed by atoms with Gasteiger partial charge in [-0.2, -0.15) is 0 Å². The van der Waals surface area contributed by atoms with Crippen molar-refractivity contribution in [1.29, 1.82) is 0 Å². The Morgan fingerprint density at radius 3 is 2.44 bits per heavy atom. The van der Waals surface area contributed by atoms with Crippen LogP contribution < -0.4 is 10.2 Å². The van der Waals surface area contributed by atoms with Gasteiger partial charge in [-0.05, 0) is 58.3 Å². The Balaban J connectivity index is 1.65. The number of nitrogens with one attached hydrogen (secondary N) is 1. The number of fused-ring (bicyclic) bond motifs is 1. The second kappa shape index (κ2) is 6.11. The van der Waals surface area contributed by atoms with Crippen LogP contribution in [0, 0.1) is 12.7 Å². The highest BCUT2D eigenvalue weighted by Crippen LogP contribution is 2.37. The van der Waals surface area contributed by atoms with Crippen molar-refractivity contribution < 1.29 is 18.4 Å². The minimum absolute atomic E-state index is 0.230. The molecule has 0 spiro atoms. The quantitative estimate of drug-likeness (QED) is 0.682. The Hall–Kier alpha value is -2.31. The fourth-order valence-corrected chi connectivity index (χ4v) is 3.27. The van der Waals surface area contributed by atoms with Crippen LogP contribution in [0.2, 0.25) is 0 Å². The van der Waals surface area contributed by atoms with E-state index in [1.807, 2.05) is 58.9 Å². The summed E-state index contributed by atoms with van der Waals surface area (Å²) in [6, 6.07) is 10.8. The van der Waals surface area contributed by atoms with Gasteiger partial charge in [0, 0.05) is 28.7 Å². The topological polar surface area (TPSA) is 43.5 Å². The molecule has 4 nitrogen and oxygen atoms in total. The molecule has 1 saturated heterocycles. The smallest absolute Gasteiger partial charge is 0.454 e. The van der Waals surface area contributed by atoms with Crippen molar-refractivity contribution >= 4 is 23.5 Å². The first-order chi connectivity index (χ1) is 12.7. The molecule has 27 heavy (non-hydrogen) atoms. The van der Waals surface area contributed by atoms with E-state index in [0.29, 0.717) is 5.75 Å². The molecule has 1 aliphatic rings. The summed E-state index contributed by atoms with van der Waals surface area (Å²) < 4.78 is 32.7. The van der Waals surface area contributed by atoms with E-state index in [1.54, 1.807) is 12.3 Å². The van der Waals surface area contributed by atoms with Gasteiger partial charge in [-0.1, -0.05) is 12.1 Å². The molecule has 1 aromatic heterocycles. The van der Waals surface area contributed by atoms with Crippen LogP contribution in [0.5, 0.6) is 11.5 Å². The van der Waals surface area contributed by atoms with Crippen molar-refractivity contribution in [3.63, 3.8) is 0 Å². The van der Waals surface area contributed by atoms with Crippen molar-refractivity contribution in [2.24, 2.45) is 0 Å². The SMILES string of the molecule is Cc1c(Oc2cccc(B3OC(C)(C)C(C)(C)O3)c2)c(F)cc2[nH]ccc12. The maximum absolute atomic E-state index is 14.6. The van der Waals surface area contributed by atoms with Gasteiger partial charge < -0.3 is 19.0 Å². The first kappa shape index (κ1) is 18.1. The molecule has 0 unspecified atom stereocenters. The second-order valence-corrected chi connectivity index (χ2v) is 8.01. The number of aromatic amines is 1. The van der Waals surface area contributed by atoms with Crippen LogP contribution in [0.4, 0.5) is 4.39 Å². The van der Waals surface area contributed by atoms with Gasteiger partial charge in [0.2, 0.25) is 0 Å². The molecule has 0 atom stereocenters. The van der Waals surface area contributed by atoms with E-state index < -0.39 is 24.1 Å². The minimum atomic E-state index is -0.489. The normalized spacial score (nSPS) is 18.2. The van der Waals surface area contributed by atoms with Crippen LogP contribution in [0.3, 0.4) is 0 Å². The fraction of sp³-hybridized carbons (Fsp3) is 0.333. The molecule has 2 heterocycles. The van der Waals surface area contributed by atoms with Gasteiger partial charge in [0.25, 0.3) is 0 Å². The Bertz CT molecular complexity index is 996. The van der Waals surface area contributed by atoms with E-state index in [2.05, 4.69) is 4.98 Å². The van der Waals surface area contributed by atoms with Crippen LogP contribution in [-0.4, -0.2) is 23.3 Å². The maximum atomic E-state index is 14.6. The summed E-state index contributed by atoms with van der Waals surface area (Å²) >= 11 is 0. The number of hydrogen-bond acceptors (Lipinski definition) is 3. The van der Waals surface area contributed by atoms with Crippen LogP contribution in [0.15, 0.2) is 42.6 Å². The monoisotopic (exact) mass is 367 g/mol.